The Hall–Kier alpha value is -8.00. The number of rotatable bonds is 5. The first kappa shape index (κ1) is 35.7. The molecule has 0 atom stereocenters. The molecule has 0 saturated heterocycles. The van der Waals surface area contributed by atoms with Crippen molar-refractivity contribution in [1.29, 1.82) is 0 Å². The molecule has 1 spiro atoms. The lowest BCUT2D eigenvalue weighted by Crippen LogP contribution is -2.26. The summed E-state index contributed by atoms with van der Waals surface area (Å²) in [6.07, 6.45) is 0. The molecule has 11 aromatic carbocycles. The van der Waals surface area contributed by atoms with Crippen LogP contribution in [0.3, 0.4) is 0 Å². The van der Waals surface area contributed by atoms with Gasteiger partial charge in [-0.1, -0.05) is 212 Å². The molecule has 294 valence electrons. The molecule has 0 saturated carbocycles. The first-order valence-corrected chi connectivity index (χ1v) is 22.0. The average molecular weight is 800 g/mol. The molecular weight excluding hydrogens is 759 g/mol. The average Bonchev–Trinajstić information content (AvgIpc) is 3.83. The maximum atomic E-state index is 2.56. The van der Waals surface area contributed by atoms with E-state index in [1.807, 2.05) is 0 Å². The Labute approximate surface area is 367 Å². The lowest BCUT2D eigenvalue weighted by molar-refractivity contribution is 0.809. The fourth-order valence-electron chi connectivity index (χ4n) is 11.3. The summed E-state index contributed by atoms with van der Waals surface area (Å²) in [4.78, 5) is 2.54. The maximum Gasteiger partial charge on any atom is 0.0737 e. The highest BCUT2D eigenvalue weighted by atomic mass is 15.1. The Morgan fingerprint density at radius 3 is 1.48 bits per heavy atom. The molecule has 0 heterocycles. The van der Waals surface area contributed by atoms with Gasteiger partial charge in [0.1, 0.15) is 0 Å². The summed E-state index contributed by atoms with van der Waals surface area (Å²) in [6.45, 7) is 2.17. The van der Waals surface area contributed by atoms with Crippen LogP contribution < -0.4 is 4.90 Å². The highest BCUT2D eigenvalue weighted by Gasteiger charge is 2.54. The summed E-state index contributed by atoms with van der Waals surface area (Å²) >= 11 is 0. The Morgan fingerprint density at radius 1 is 0.317 bits per heavy atom. The Bertz CT molecular complexity index is 3570. The van der Waals surface area contributed by atoms with Crippen molar-refractivity contribution in [3.63, 3.8) is 0 Å². The molecule has 13 rings (SSSR count). The molecular formula is C62H41N. The third-order valence-corrected chi connectivity index (χ3v) is 13.9. The van der Waals surface area contributed by atoms with E-state index in [2.05, 4.69) is 242 Å². The van der Waals surface area contributed by atoms with Crippen LogP contribution in [0.1, 0.15) is 27.8 Å². The van der Waals surface area contributed by atoms with Crippen LogP contribution in [-0.4, -0.2) is 0 Å². The fraction of sp³-hybridized carbons (Fsp3) is 0.0323. The first-order valence-electron chi connectivity index (χ1n) is 22.0. The largest absolute Gasteiger partial charge is 0.309 e. The van der Waals surface area contributed by atoms with E-state index in [0.717, 1.165) is 17.1 Å². The van der Waals surface area contributed by atoms with Crippen molar-refractivity contribution in [3.05, 3.63) is 258 Å². The molecule has 2 aliphatic carbocycles. The molecule has 0 bridgehead atoms. The summed E-state index contributed by atoms with van der Waals surface area (Å²) in [6, 6.07) is 86.1. The molecule has 11 aromatic rings. The normalized spacial score (nSPS) is 13.0. The van der Waals surface area contributed by atoms with E-state index in [0.29, 0.717) is 0 Å². The predicted octanol–water partition coefficient (Wildman–Crippen LogP) is 16.6. The summed E-state index contributed by atoms with van der Waals surface area (Å²) < 4.78 is 0. The predicted molar refractivity (Wildman–Crippen MR) is 266 cm³/mol. The molecule has 0 N–H and O–H groups in total. The van der Waals surface area contributed by atoms with Crippen LogP contribution in [0.2, 0.25) is 0 Å². The second-order valence-electron chi connectivity index (χ2n) is 17.2. The van der Waals surface area contributed by atoms with Gasteiger partial charge in [-0.15, -0.1) is 0 Å². The van der Waals surface area contributed by atoms with Crippen molar-refractivity contribution in [2.75, 3.05) is 4.90 Å². The number of hydrogen-bond acceptors (Lipinski definition) is 1. The fourth-order valence-corrected chi connectivity index (χ4v) is 11.3. The quantitative estimate of drug-likeness (QED) is 0.157. The number of nitrogens with zero attached hydrogens (tertiary/aromatic N) is 1. The van der Waals surface area contributed by atoms with Crippen molar-refractivity contribution in [1.82, 2.24) is 0 Å². The smallest absolute Gasteiger partial charge is 0.0737 e. The van der Waals surface area contributed by atoms with Crippen LogP contribution >= 0.6 is 0 Å². The van der Waals surface area contributed by atoms with Gasteiger partial charge in [-0.05, 0) is 119 Å². The molecule has 0 amide bonds. The van der Waals surface area contributed by atoms with Crippen molar-refractivity contribution >= 4 is 49.4 Å². The van der Waals surface area contributed by atoms with Crippen LogP contribution in [0.5, 0.6) is 0 Å². The second kappa shape index (κ2) is 13.8. The monoisotopic (exact) mass is 799 g/mol. The molecule has 0 unspecified atom stereocenters. The van der Waals surface area contributed by atoms with Gasteiger partial charge in [0.15, 0.2) is 0 Å². The minimum absolute atomic E-state index is 0.559. The zero-order chi connectivity index (χ0) is 41.6. The van der Waals surface area contributed by atoms with Crippen LogP contribution in [0.25, 0.3) is 76.8 Å². The third kappa shape index (κ3) is 5.05. The Morgan fingerprint density at radius 2 is 0.825 bits per heavy atom. The van der Waals surface area contributed by atoms with Gasteiger partial charge in [0, 0.05) is 16.6 Å². The van der Waals surface area contributed by atoms with Gasteiger partial charge in [0.2, 0.25) is 0 Å². The number of anilines is 3. The van der Waals surface area contributed by atoms with Crippen LogP contribution in [-0.2, 0) is 5.41 Å². The van der Waals surface area contributed by atoms with Crippen LogP contribution in [0.4, 0.5) is 17.1 Å². The van der Waals surface area contributed by atoms with Crippen molar-refractivity contribution in [3.8, 4) is 44.5 Å². The van der Waals surface area contributed by atoms with E-state index >= 15 is 0 Å². The summed E-state index contributed by atoms with van der Waals surface area (Å²) in [5.41, 5.74) is 19.4. The summed E-state index contributed by atoms with van der Waals surface area (Å²) in [7, 11) is 0. The van der Waals surface area contributed by atoms with Gasteiger partial charge in [0.25, 0.3) is 0 Å². The Kier molecular flexibility index (Phi) is 7.80. The lowest BCUT2D eigenvalue weighted by Gasteiger charge is -2.34. The van der Waals surface area contributed by atoms with Gasteiger partial charge in [-0.3, -0.25) is 0 Å². The zero-order valence-electron chi connectivity index (χ0n) is 34.9. The SMILES string of the molecule is Cc1ccc(N(c2cc(-c3ccccc3)ccc2-c2ccccc2)c2cc3c(c4ccccc24)C2(c4ccccc4-c4ccccc42)c2c-3c3ccccc3c3ccccc23)cc1. The topological polar surface area (TPSA) is 3.24 Å². The third-order valence-electron chi connectivity index (χ3n) is 13.9. The highest BCUT2D eigenvalue weighted by molar-refractivity contribution is 6.22. The van der Waals surface area contributed by atoms with Gasteiger partial charge in [-0.2, -0.15) is 0 Å². The molecule has 0 aromatic heterocycles. The molecule has 1 nitrogen and oxygen atoms in total. The zero-order valence-corrected chi connectivity index (χ0v) is 34.9. The van der Waals surface area contributed by atoms with Gasteiger partial charge in [0.05, 0.1) is 16.8 Å². The molecule has 0 aliphatic heterocycles. The first-order chi connectivity index (χ1) is 31.2. The lowest BCUT2D eigenvalue weighted by atomic mass is 9.68. The van der Waals surface area contributed by atoms with E-state index in [-0.39, 0.29) is 0 Å². The van der Waals surface area contributed by atoms with Crippen molar-refractivity contribution in [2.24, 2.45) is 0 Å². The van der Waals surface area contributed by atoms with Gasteiger partial charge < -0.3 is 4.90 Å². The van der Waals surface area contributed by atoms with Crippen molar-refractivity contribution in [2.45, 2.75) is 12.3 Å². The van der Waals surface area contributed by atoms with E-state index in [1.54, 1.807) is 0 Å². The summed E-state index contributed by atoms with van der Waals surface area (Å²) in [5, 5.41) is 7.63. The second-order valence-corrected chi connectivity index (χ2v) is 17.2. The van der Waals surface area contributed by atoms with E-state index in [9.17, 15) is 0 Å². The van der Waals surface area contributed by atoms with Crippen molar-refractivity contribution < 1.29 is 0 Å². The van der Waals surface area contributed by atoms with Crippen LogP contribution in [0.15, 0.2) is 231 Å². The minimum atomic E-state index is -0.559. The number of benzene rings is 11. The van der Waals surface area contributed by atoms with E-state index in [4.69, 9.17) is 0 Å². The Balaban J connectivity index is 1.23. The summed E-state index contributed by atoms with van der Waals surface area (Å²) in [5.74, 6) is 0. The minimum Gasteiger partial charge on any atom is -0.309 e. The number of aryl methyl sites for hydroxylation is 1. The van der Waals surface area contributed by atoms with E-state index < -0.39 is 5.41 Å². The van der Waals surface area contributed by atoms with Crippen LogP contribution in [0, 0.1) is 6.92 Å². The van der Waals surface area contributed by atoms with E-state index in [1.165, 1.54) is 105 Å². The molecule has 63 heavy (non-hydrogen) atoms. The van der Waals surface area contributed by atoms with Gasteiger partial charge >= 0.3 is 0 Å². The standard InChI is InChI=1S/C62H41N/c1-40-32-35-44(36-33-40)63(57-38-43(41-18-4-2-5-19-41)34-37-45(57)42-20-6-3-7-21-42)58-39-54-59-51-27-11-8-22-46(51)47-23-9-12-28-52(47)61(59)62(60(54)53-29-13-10-26-50(53)58)55-30-16-14-24-48(55)49-25-15-17-31-56(49)62/h2-39H,1H3. The van der Waals surface area contributed by atoms with Gasteiger partial charge in [-0.25, -0.2) is 0 Å². The molecule has 0 fully saturated rings. The molecule has 2 aliphatic rings. The maximum absolute atomic E-state index is 2.56. The molecule has 1 heteroatoms. The number of fused-ring (bicyclic) bond motifs is 17. The number of hydrogen-bond donors (Lipinski definition) is 0. The highest BCUT2D eigenvalue weighted by Crippen LogP contribution is 2.67. The molecule has 0 radical (unpaired) electrons.